The maximum atomic E-state index is 5.47. The van der Waals surface area contributed by atoms with Crippen molar-refractivity contribution in [3.8, 4) is 0 Å². The van der Waals surface area contributed by atoms with Gasteiger partial charge in [-0.1, -0.05) is 43.7 Å². The molecule has 0 radical (unpaired) electrons. The molecule has 0 aliphatic heterocycles. The van der Waals surface area contributed by atoms with Crippen molar-refractivity contribution < 1.29 is 0 Å². The van der Waals surface area contributed by atoms with Crippen molar-refractivity contribution in [3.05, 3.63) is 35.9 Å². The van der Waals surface area contributed by atoms with Crippen molar-refractivity contribution in [2.24, 2.45) is 10.8 Å². The Morgan fingerprint density at radius 2 is 2.05 bits per heavy atom. The molecule has 1 rings (SSSR count). The van der Waals surface area contributed by atoms with Gasteiger partial charge in [0.05, 0.1) is 0 Å². The van der Waals surface area contributed by atoms with Gasteiger partial charge >= 0.3 is 0 Å². The van der Waals surface area contributed by atoms with E-state index in [1.807, 2.05) is 6.07 Å². The van der Waals surface area contributed by atoms with Crippen molar-refractivity contribution in [1.29, 1.82) is 0 Å². The number of unbranched alkanes of at least 4 members (excludes halogenated alkanes) is 1. The van der Waals surface area contributed by atoms with E-state index in [-0.39, 0.29) is 0 Å². The van der Waals surface area contributed by atoms with Crippen molar-refractivity contribution >= 4 is 5.96 Å². The van der Waals surface area contributed by atoms with Crippen LogP contribution in [0.15, 0.2) is 35.3 Å². The molecule has 1 unspecified atom stereocenters. The third-order valence-corrected chi connectivity index (χ3v) is 3.01. The molecule has 0 fully saturated rings. The molecule has 0 saturated carbocycles. The fraction of sp³-hybridized carbons (Fsp3) is 0.533. The molecule has 1 atom stereocenters. The molecular weight excluding hydrogens is 236 g/mol. The molecule has 0 spiro atoms. The van der Waals surface area contributed by atoms with Gasteiger partial charge in [0, 0.05) is 12.6 Å². The average molecular weight is 262 g/mol. The molecular formula is C15H26N4. The van der Waals surface area contributed by atoms with Gasteiger partial charge in [0.15, 0.2) is 0 Å². The summed E-state index contributed by atoms with van der Waals surface area (Å²) in [6.07, 6.45) is 4.34. The third-order valence-electron chi connectivity index (χ3n) is 3.01. The number of hydrogen-bond acceptors (Lipinski definition) is 2. The molecule has 106 valence electrons. The van der Waals surface area contributed by atoms with Crippen LogP contribution in [0.25, 0.3) is 0 Å². The van der Waals surface area contributed by atoms with Crippen molar-refractivity contribution in [1.82, 2.24) is 10.7 Å². The molecule has 0 aromatic heterocycles. The number of nitrogens with one attached hydrogen (secondary N) is 2. The highest BCUT2D eigenvalue weighted by atomic mass is 15.3. The Hall–Kier alpha value is -1.55. The predicted molar refractivity (Wildman–Crippen MR) is 81.9 cm³/mol. The summed E-state index contributed by atoms with van der Waals surface area (Å²) < 4.78 is 0. The lowest BCUT2D eigenvalue weighted by molar-refractivity contribution is 0.593. The minimum absolute atomic E-state index is 0.344. The molecule has 0 bridgehead atoms. The van der Waals surface area contributed by atoms with Gasteiger partial charge in [0.25, 0.3) is 0 Å². The van der Waals surface area contributed by atoms with E-state index in [0.29, 0.717) is 12.0 Å². The summed E-state index contributed by atoms with van der Waals surface area (Å²) in [6.45, 7) is 5.12. The van der Waals surface area contributed by atoms with Crippen LogP contribution in [-0.2, 0) is 6.42 Å². The van der Waals surface area contributed by atoms with Crippen LogP contribution in [0.5, 0.6) is 0 Å². The second-order valence-electron chi connectivity index (χ2n) is 4.80. The van der Waals surface area contributed by atoms with Crippen LogP contribution in [-0.4, -0.2) is 18.5 Å². The van der Waals surface area contributed by atoms with E-state index in [4.69, 9.17) is 5.84 Å². The van der Waals surface area contributed by atoms with Gasteiger partial charge in [-0.3, -0.25) is 10.4 Å². The van der Waals surface area contributed by atoms with Crippen LogP contribution in [0.3, 0.4) is 0 Å². The molecule has 0 aliphatic rings. The summed E-state index contributed by atoms with van der Waals surface area (Å²) in [6, 6.07) is 10.9. The molecule has 0 amide bonds. The maximum Gasteiger partial charge on any atom is 0.205 e. The van der Waals surface area contributed by atoms with Crippen LogP contribution in [0.4, 0.5) is 0 Å². The first-order chi connectivity index (χ1) is 9.26. The van der Waals surface area contributed by atoms with Crippen molar-refractivity contribution in [2.45, 2.75) is 45.6 Å². The fourth-order valence-electron chi connectivity index (χ4n) is 1.82. The van der Waals surface area contributed by atoms with Crippen LogP contribution in [0.1, 0.15) is 38.7 Å². The SMILES string of the molecule is CCCCN=C(NN)NC(C)CCc1ccccc1. The van der Waals surface area contributed by atoms with Crippen LogP contribution >= 0.6 is 0 Å². The van der Waals surface area contributed by atoms with E-state index < -0.39 is 0 Å². The number of benzene rings is 1. The van der Waals surface area contributed by atoms with Gasteiger partial charge in [-0.25, -0.2) is 5.84 Å². The normalized spacial score (nSPS) is 13.1. The number of guanidine groups is 1. The minimum Gasteiger partial charge on any atom is -0.353 e. The first kappa shape index (κ1) is 15.5. The molecule has 0 heterocycles. The number of nitrogens with zero attached hydrogens (tertiary/aromatic N) is 1. The second kappa shape index (κ2) is 9.39. The highest BCUT2D eigenvalue weighted by molar-refractivity contribution is 5.79. The van der Waals surface area contributed by atoms with E-state index in [0.717, 1.165) is 32.2 Å². The van der Waals surface area contributed by atoms with Crippen LogP contribution < -0.4 is 16.6 Å². The largest absolute Gasteiger partial charge is 0.353 e. The number of aliphatic imine (C=N–C) groups is 1. The highest BCUT2D eigenvalue weighted by Gasteiger charge is 2.04. The van der Waals surface area contributed by atoms with E-state index in [2.05, 4.69) is 53.8 Å². The maximum absolute atomic E-state index is 5.47. The van der Waals surface area contributed by atoms with Crippen LogP contribution in [0.2, 0.25) is 0 Å². The second-order valence-corrected chi connectivity index (χ2v) is 4.80. The lowest BCUT2D eigenvalue weighted by atomic mass is 10.1. The van der Waals surface area contributed by atoms with Gasteiger partial charge in [0.1, 0.15) is 0 Å². The van der Waals surface area contributed by atoms with Gasteiger partial charge in [0.2, 0.25) is 5.96 Å². The first-order valence-electron chi connectivity index (χ1n) is 7.07. The topological polar surface area (TPSA) is 62.4 Å². The minimum atomic E-state index is 0.344. The smallest absolute Gasteiger partial charge is 0.205 e. The molecule has 1 aromatic carbocycles. The van der Waals surface area contributed by atoms with Gasteiger partial charge < -0.3 is 5.32 Å². The number of rotatable bonds is 7. The zero-order valence-electron chi connectivity index (χ0n) is 12.0. The van der Waals surface area contributed by atoms with Gasteiger partial charge in [-0.2, -0.15) is 0 Å². The molecule has 0 aliphatic carbocycles. The predicted octanol–water partition coefficient (Wildman–Crippen LogP) is 2.22. The summed E-state index contributed by atoms with van der Waals surface area (Å²) in [5, 5.41) is 3.31. The number of hydrogen-bond donors (Lipinski definition) is 3. The van der Waals surface area contributed by atoms with E-state index in [1.165, 1.54) is 5.56 Å². The zero-order valence-corrected chi connectivity index (χ0v) is 12.0. The molecule has 19 heavy (non-hydrogen) atoms. The number of hydrazine groups is 1. The lowest BCUT2D eigenvalue weighted by Crippen LogP contribution is -2.45. The van der Waals surface area contributed by atoms with Gasteiger partial charge in [-0.15, -0.1) is 0 Å². The number of nitrogens with two attached hydrogens (primary N) is 1. The number of aryl methyl sites for hydroxylation is 1. The highest BCUT2D eigenvalue weighted by Crippen LogP contribution is 2.04. The molecule has 1 aromatic rings. The van der Waals surface area contributed by atoms with Crippen molar-refractivity contribution in [2.75, 3.05) is 6.54 Å². The van der Waals surface area contributed by atoms with Crippen LogP contribution in [0, 0.1) is 0 Å². The molecule has 4 nitrogen and oxygen atoms in total. The molecule has 4 N–H and O–H groups in total. The van der Waals surface area contributed by atoms with E-state index in [1.54, 1.807) is 0 Å². The Kier molecular flexibility index (Phi) is 7.66. The standard InChI is InChI=1S/C15H26N4/c1-3-4-12-17-15(19-16)18-13(2)10-11-14-8-6-5-7-9-14/h5-9,13H,3-4,10-12,16H2,1-2H3,(H2,17,18,19). The summed E-state index contributed by atoms with van der Waals surface area (Å²) in [5.41, 5.74) is 3.99. The fourth-order valence-corrected chi connectivity index (χ4v) is 1.82. The molecule has 0 saturated heterocycles. The average Bonchev–Trinajstić information content (AvgIpc) is 2.45. The summed E-state index contributed by atoms with van der Waals surface area (Å²) in [7, 11) is 0. The van der Waals surface area contributed by atoms with Crippen molar-refractivity contribution in [3.63, 3.8) is 0 Å². The van der Waals surface area contributed by atoms with E-state index >= 15 is 0 Å². The van der Waals surface area contributed by atoms with E-state index in [9.17, 15) is 0 Å². The summed E-state index contributed by atoms with van der Waals surface area (Å²) in [5.74, 6) is 6.16. The molecule has 4 heteroatoms. The summed E-state index contributed by atoms with van der Waals surface area (Å²) in [4.78, 5) is 4.40. The monoisotopic (exact) mass is 262 g/mol. The van der Waals surface area contributed by atoms with Gasteiger partial charge in [-0.05, 0) is 31.7 Å². The first-order valence-corrected chi connectivity index (χ1v) is 7.07. The Morgan fingerprint density at radius 1 is 1.32 bits per heavy atom. The summed E-state index contributed by atoms with van der Waals surface area (Å²) >= 11 is 0. The lowest BCUT2D eigenvalue weighted by Gasteiger charge is -2.16. The Labute approximate surface area is 116 Å². The Balaban J connectivity index is 2.32. The third kappa shape index (κ3) is 6.82. The Bertz CT molecular complexity index is 362. The quantitative estimate of drug-likeness (QED) is 0.232. The zero-order chi connectivity index (χ0) is 13.9. The Morgan fingerprint density at radius 3 is 2.68 bits per heavy atom.